The Bertz CT molecular complexity index is 652. The largest absolute Gasteiger partial charge is 0.481 e. The van der Waals surface area contributed by atoms with E-state index in [0.717, 1.165) is 18.7 Å². The van der Waals surface area contributed by atoms with Crippen LogP contribution < -0.4 is 10.1 Å². The molecular weight excluding hydrogens is 258 g/mol. The summed E-state index contributed by atoms with van der Waals surface area (Å²) >= 11 is 0. The molecule has 0 unspecified atom stereocenters. The Morgan fingerprint density at radius 2 is 1.95 bits per heavy atom. The highest BCUT2D eigenvalue weighted by Gasteiger charge is 2.16. The van der Waals surface area contributed by atoms with Crippen molar-refractivity contribution in [1.29, 1.82) is 0 Å². The van der Waals surface area contributed by atoms with Gasteiger partial charge in [0.25, 0.3) is 0 Å². The molecule has 0 aliphatic rings. The molecule has 0 fully saturated rings. The third-order valence-electron chi connectivity index (χ3n) is 3.94. The van der Waals surface area contributed by atoms with Gasteiger partial charge in [0.05, 0.1) is 0 Å². The van der Waals surface area contributed by atoms with E-state index in [4.69, 9.17) is 11.2 Å². The van der Waals surface area contributed by atoms with Gasteiger partial charge in [0, 0.05) is 17.6 Å². The van der Waals surface area contributed by atoms with Crippen LogP contribution in [-0.4, -0.2) is 12.1 Å². The van der Waals surface area contributed by atoms with Crippen LogP contribution in [0.1, 0.15) is 32.8 Å². The third-order valence-corrected chi connectivity index (χ3v) is 3.94. The molecule has 0 amide bonds. The predicted molar refractivity (Wildman–Crippen MR) is 89.5 cm³/mol. The van der Waals surface area contributed by atoms with E-state index >= 15 is 0 Å². The molecular formula is C19H23NO. The second kappa shape index (κ2) is 6.65. The summed E-state index contributed by atoms with van der Waals surface area (Å²) < 4.78 is 5.72. The summed E-state index contributed by atoms with van der Waals surface area (Å²) in [6.45, 7) is 7.66. The van der Waals surface area contributed by atoms with Crippen molar-refractivity contribution in [3.63, 3.8) is 0 Å². The lowest BCUT2D eigenvalue weighted by molar-refractivity contribution is 0.350. The van der Waals surface area contributed by atoms with Crippen LogP contribution in [0.5, 0.6) is 5.75 Å². The Labute approximate surface area is 127 Å². The molecule has 0 aliphatic heterocycles. The summed E-state index contributed by atoms with van der Waals surface area (Å²) in [6.07, 6.45) is 6.38. The van der Waals surface area contributed by atoms with E-state index in [2.05, 4.69) is 62.3 Å². The molecule has 0 aliphatic carbocycles. The smallest absolute Gasteiger partial charge is 0.148 e. The zero-order valence-electron chi connectivity index (χ0n) is 13.1. The van der Waals surface area contributed by atoms with Crippen molar-refractivity contribution in [2.75, 3.05) is 6.61 Å². The minimum Gasteiger partial charge on any atom is -0.481 e. The van der Waals surface area contributed by atoms with Crippen LogP contribution in [0.25, 0.3) is 10.8 Å². The molecule has 2 aromatic carbocycles. The number of terminal acetylenes is 1. The van der Waals surface area contributed by atoms with Crippen LogP contribution >= 0.6 is 0 Å². The number of hydrogen-bond acceptors (Lipinski definition) is 2. The van der Waals surface area contributed by atoms with Gasteiger partial charge < -0.3 is 10.1 Å². The molecule has 0 aromatic heterocycles. The molecule has 0 saturated carbocycles. The molecule has 2 rings (SSSR count). The first kappa shape index (κ1) is 15.4. The van der Waals surface area contributed by atoms with E-state index in [-0.39, 0.29) is 5.54 Å². The number of nitrogens with one attached hydrogen (secondary N) is 1. The number of ether oxygens (including phenoxy) is 1. The first-order chi connectivity index (χ1) is 10.1. The van der Waals surface area contributed by atoms with Crippen molar-refractivity contribution in [2.45, 2.75) is 39.3 Å². The molecule has 1 N–H and O–H groups in total. The molecule has 0 heterocycles. The summed E-state index contributed by atoms with van der Waals surface area (Å²) in [7, 11) is 0. The Hall–Kier alpha value is -1.98. The summed E-state index contributed by atoms with van der Waals surface area (Å²) in [5.41, 5.74) is 1.27. The number of fused-ring (bicyclic) bond motifs is 1. The van der Waals surface area contributed by atoms with Crippen LogP contribution in [0, 0.1) is 12.3 Å². The predicted octanol–water partition coefficient (Wildman–Crippen LogP) is 4.13. The Balaban J connectivity index is 2.38. The van der Waals surface area contributed by atoms with E-state index in [1.165, 1.54) is 16.3 Å². The lowest BCUT2D eigenvalue weighted by Crippen LogP contribution is -2.37. The fourth-order valence-electron chi connectivity index (χ4n) is 2.21. The minimum atomic E-state index is 0.0976. The van der Waals surface area contributed by atoms with Crippen molar-refractivity contribution < 1.29 is 4.74 Å². The van der Waals surface area contributed by atoms with Crippen LogP contribution in [0.15, 0.2) is 36.4 Å². The molecule has 0 radical (unpaired) electrons. The van der Waals surface area contributed by atoms with Gasteiger partial charge in [0.15, 0.2) is 0 Å². The number of benzene rings is 2. The topological polar surface area (TPSA) is 21.3 Å². The zero-order valence-corrected chi connectivity index (χ0v) is 13.1. The van der Waals surface area contributed by atoms with E-state index in [1.54, 1.807) is 0 Å². The monoisotopic (exact) mass is 281 g/mol. The first-order valence-corrected chi connectivity index (χ1v) is 7.39. The normalized spacial score (nSPS) is 11.3. The van der Waals surface area contributed by atoms with Crippen LogP contribution in [0.2, 0.25) is 0 Å². The fraction of sp³-hybridized carbons (Fsp3) is 0.368. The average molecular weight is 281 g/mol. The van der Waals surface area contributed by atoms with Gasteiger partial charge in [-0.2, -0.15) is 0 Å². The lowest BCUT2D eigenvalue weighted by Gasteiger charge is -2.25. The lowest BCUT2D eigenvalue weighted by atomic mass is 9.99. The second-order valence-electron chi connectivity index (χ2n) is 5.85. The van der Waals surface area contributed by atoms with Crippen molar-refractivity contribution >= 4 is 10.8 Å². The highest BCUT2D eigenvalue weighted by atomic mass is 16.5. The Morgan fingerprint density at radius 3 is 2.67 bits per heavy atom. The van der Waals surface area contributed by atoms with Gasteiger partial charge in [-0.3, -0.25) is 0 Å². The van der Waals surface area contributed by atoms with Crippen molar-refractivity contribution in [2.24, 2.45) is 0 Å². The van der Waals surface area contributed by atoms with Crippen LogP contribution in [-0.2, 0) is 6.54 Å². The van der Waals surface area contributed by atoms with E-state index < -0.39 is 0 Å². The Kier molecular flexibility index (Phi) is 4.88. The highest BCUT2D eigenvalue weighted by molar-refractivity contribution is 5.87. The highest BCUT2D eigenvalue weighted by Crippen LogP contribution is 2.28. The molecule has 0 saturated heterocycles. The molecule has 2 aromatic rings. The van der Waals surface area contributed by atoms with E-state index in [9.17, 15) is 0 Å². The SMILES string of the molecule is C#CCOc1ccc2ccccc2c1CNC(C)(C)CC. The third kappa shape index (κ3) is 3.77. The quantitative estimate of drug-likeness (QED) is 0.804. The molecule has 21 heavy (non-hydrogen) atoms. The zero-order chi connectivity index (χ0) is 15.3. The molecule has 0 atom stereocenters. The van der Waals surface area contributed by atoms with Gasteiger partial charge in [-0.05, 0) is 37.1 Å². The van der Waals surface area contributed by atoms with Crippen LogP contribution in [0.3, 0.4) is 0 Å². The van der Waals surface area contributed by atoms with E-state index in [1.807, 2.05) is 6.07 Å². The minimum absolute atomic E-state index is 0.0976. The maximum Gasteiger partial charge on any atom is 0.148 e. The van der Waals surface area contributed by atoms with Crippen LogP contribution in [0.4, 0.5) is 0 Å². The van der Waals surface area contributed by atoms with Gasteiger partial charge in [-0.1, -0.05) is 43.2 Å². The van der Waals surface area contributed by atoms with E-state index in [0.29, 0.717) is 6.61 Å². The first-order valence-electron chi connectivity index (χ1n) is 7.39. The summed E-state index contributed by atoms with van der Waals surface area (Å²) in [5.74, 6) is 3.40. The second-order valence-corrected chi connectivity index (χ2v) is 5.85. The number of hydrogen-bond donors (Lipinski definition) is 1. The van der Waals surface area contributed by atoms with Crippen molar-refractivity contribution in [3.8, 4) is 18.1 Å². The molecule has 0 spiro atoms. The van der Waals surface area contributed by atoms with Gasteiger partial charge in [0.1, 0.15) is 12.4 Å². The summed E-state index contributed by atoms with van der Waals surface area (Å²) in [6, 6.07) is 12.5. The van der Waals surface area contributed by atoms with Gasteiger partial charge in [0.2, 0.25) is 0 Å². The molecule has 2 nitrogen and oxygen atoms in total. The molecule has 2 heteroatoms. The van der Waals surface area contributed by atoms with Gasteiger partial charge in [-0.25, -0.2) is 0 Å². The maximum atomic E-state index is 5.72. The van der Waals surface area contributed by atoms with Gasteiger partial charge >= 0.3 is 0 Å². The fourth-order valence-corrected chi connectivity index (χ4v) is 2.21. The van der Waals surface area contributed by atoms with Gasteiger partial charge in [-0.15, -0.1) is 6.42 Å². The standard InChI is InChI=1S/C19H23NO/c1-5-13-21-18-12-11-15-9-7-8-10-16(15)17(18)14-20-19(3,4)6-2/h1,7-12,20H,6,13-14H2,2-4H3. The molecule has 0 bridgehead atoms. The van der Waals surface area contributed by atoms with Crippen molar-refractivity contribution in [3.05, 3.63) is 42.0 Å². The summed E-state index contributed by atoms with van der Waals surface area (Å²) in [4.78, 5) is 0. The summed E-state index contributed by atoms with van der Waals surface area (Å²) in [5, 5.41) is 6.04. The average Bonchev–Trinajstić information content (AvgIpc) is 2.51. The Morgan fingerprint density at radius 1 is 1.19 bits per heavy atom. The molecule has 110 valence electrons. The number of rotatable bonds is 6. The maximum absolute atomic E-state index is 5.72. The van der Waals surface area contributed by atoms with Crippen molar-refractivity contribution in [1.82, 2.24) is 5.32 Å².